The standard InChI is InChI=1S/C10H14ClN.ClH/c1-2-12-8-7-9-3-5-10(11)6-4-9;/h3-6,12H,2,7-8H2,1H3;1H. The van der Waals surface area contributed by atoms with E-state index in [0.29, 0.717) is 0 Å². The van der Waals surface area contributed by atoms with Crippen LogP contribution in [0, 0.1) is 0 Å². The van der Waals surface area contributed by atoms with Crippen molar-refractivity contribution in [2.24, 2.45) is 0 Å². The molecule has 0 saturated carbocycles. The van der Waals surface area contributed by atoms with E-state index in [1.54, 1.807) is 0 Å². The van der Waals surface area contributed by atoms with Gasteiger partial charge in [0, 0.05) is 5.02 Å². The first-order chi connectivity index (χ1) is 5.83. The van der Waals surface area contributed by atoms with E-state index in [0.717, 1.165) is 24.5 Å². The average Bonchev–Trinajstić information content (AvgIpc) is 2.09. The van der Waals surface area contributed by atoms with Gasteiger partial charge in [0.05, 0.1) is 0 Å². The van der Waals surface area contributed by atoms with Crippen LogP contribution >= 0.6 is 24.0 Å². The Hall–Kier alpha value is -0.240. The summed E-state index contributed by atoms with van der Waals surface area (Å²) in [6.07, 6.45) is 1.07. The third-order valence-electron chi connectivity index (χ3n) is 1.75. The maximum absolute atomic E-state index is 5.76. The monoisotopic (exact) mass is 219 g/mol. The number of benzene rings is 1. The van der Waals surface area contributed by atoms with Gasteiger partial charge in [-0.15, -0.1) is 12.4 Å². The van der Waals surface area contributed by atoms with Crippen LogP contribution in [0.5, 0.6) is 0 Å². The SMILES string of the molecule is CCNCCc1ccc(Cl)cc1.Cl. The van der Waals surface area contributed by atoms with Crippen molar-refractivity contribution in [2.45, 2.75) is 13.3 Å². The molecule has 1 N–H and O–H groups in total. The van der Waals surface area contributed by atoms with Crippen LogP contribution in [-0.2, 0) is 6.42 Å². The van der Waals surface area contributed by atoms with Gasteiger partial charge in [-0.05, 0) is 37.2 Å². The maximum atomic E-state index is 5.76. The van der Waals surface area contributed by atoms with E-state index in [1.165, 1.54) is 5.56 Å². The molecule has 1 aromatic rings. The molecule has 0 amide bonds. The molecule has 0 aliphatic heterocycles. The number of hydrogen-bond acceptors (Lipinski definition) is 1. The van der Waals surface area contributed by atoms with Gasteiger partial charge in [-0.25, -0.2) is 0 Å². The summed E-state index contributed by atoms with van der Waals surface area (Å²) in [5.74, 6) is 0. The molecule has 0 bridgehead atoms. The molecule has 1 rings (SSSR count). The van der Waals surface area contributed by atoms with Gasteiger partial charge in [0.1, 0.15) is 0 Å². The van der Waals surface area contributed by atoms with Gasteiger partial charge in [-0.3, -0.25) is 0 Å². The van der Waals surface area contributed by atoms with Crippen molar-refractivity contribution in [1.82, 2.24) is 5.32 Å². The zero-order valence-corrected chi connectivity index (χ0v) is 9.29. The molecule has 0 unspecified atom stereocenters. The molecule has 0 aliphatic carbocycles. The van der Waals surface area contributed by atoms with Crippen LogP contribution in [-0.4, -0.2) is 13.1 Å². The number of halogens is 2. The predicted molar refractivity (Wildman–Crippen MR) is 60.9 cm³/mol. The quantitative estimate of drug-likeness (QED) is 0.769. The van der Waals surface area contributed by atoms with Crippen LogP contribution in [0.3, 0.4) is 0 Å². The Kier molecular flexibility index (Phi) is 7.06. The fourth-order valence-corrected chi connectivity index (χ4v) is 1.19. The predicted octanol–water partition coefficient (Wildman–Crippen LogP) is 2.91. The summed E-state index contributed by atoms with van der Waals surface area (Å²) in [6.45, 7) is 4.19. The largest absolute Gasteiger partial charge is 0.317 e. The number of likely N-dealkylation sites (N-methyl/N-ethyl adjacent to an activating group) is 1. The van der Waals surface area contributed by atoms with Crippen molar-refractivity contribution in [2.75, 3.05) is 13.1 Å². The van der Waals surface area contributed by atoms with Crippen molar-refractivity contribution >= 4 is 24.0 Å². The van der Waals surface area contributed by atoms with Crippen LogP contribution in [0.15, 0.2) is 24.3 Å². The smallest absolute Gasteiger partial charge is 0.0406 e. The molecule has 0 fully saturated rings. The Bertz CT molecular complexity index is 221. The third kappa shape index (κ3) is 5.14. The number of hydrogen-bond donors (Lipinski definition) is 1. The highest BCUT2D eigenvalue weighted by Crippen LogP contribution is 2.09. The van der Waals surface area contributed by atoms with Crippen LogP contribution in [0.4, 0.5) is 0 Å². The average molecular weight is 220 g/mol. The first-order valence-electron chi connectivity index (χ1n) is 4.28. The molecular formula is C10H15Cl2N. The summed E-state index contributed by atoms with van der Waals surface area (Å²) in [4.78, 5) is 0. The second kappa shape index (κ2) is 7.19. The van der Waals surface area contributed by atoms with Crippen LogP contribution in [0.25, 0.3) is 0 Å². The lowest BCUT2D eigenvalue weighted by Crippen LogP contribution is -2.15. The van der Waals surface area contributed by atoms with Crippen LogP contribution in [0.2, 0.25) is 5.02 Å². The molecule has 0 radical (unpaired) electrons. The summed E-state index contributed by atoms with van der Waals surface area (Å²) in [5, 5.41) is 4.09. The molecule has 0 aromatic heterocycles. The zero-order chi connectivity index (χ0) is 8.81. The van der Waals surface area contributed by atoms with Gasteiger partial charge in [-0.2, -0.15) is 0 Å². The highest BCUT2D eigenvalue weighted by atomic mass is 35.5. The second-order valence-corrected chi connectivity index (χ2v) is 3.17. The van der Waals surface area contributed by atoms with Gasteiger partial charge >= 0.3 is 0 Å². The van der Waals surface area contributed by atoms with Crippen molar-refractivity contribution in [1.29, 1.82) is 0 Å². The van der Waals surface area contributed by atoms with Crippen LogP contribution in [0.1, 0.15) is 12.5 Å². The molecule has 1 nitrogen and oxygen atoms in total. The minimum absolute atomic E-state index is 0. The Morgan fingerprint density at radius 3 is 2.38 bits per heavy atom. The minimum Gasteiger partial charge on any atom is -0.317 e. The van der Waals surface area contributed by atoms with E-state index < -0.39 is 0 Å². The normalized spacial score (nSPS) is 9.38. The van der Waals surface area contributed by atoms with Crippen LogP contribution < -0.4 is 5.32 Å². The molecule has 74 valence electrons. The Morgan fingerprint density at radius 1 is 1.23 bits per heavy atom. The lowest BCUT2D eigenvalue weighted by Gasteiger charge is -2.01. The summed E-state index contributed by atoms with van der Waals surface area (Å²) in [6, 6.07) is 8.00. The lowest BCUT2D eigenvalue weighted by molar-refractivity contribution is 0.716. The fraction of sp³-hybridized carbons (Fsp3) is 0.400. The fourth-order valence-electron chi connectivity index (χ4n) is 1.06. The molecule has 0 spiro atoms. The lowest BCUT2D eigenvalue weighted by atomic mass is 10.1. The third-order valence-corrected chi connectivity index (χ3v) is 2.01. The van der Waals surface area contributed by atoms with E-state index in [-0.39, 0.29) is 12.4 Å². The molecule has 1 aromatic carbocycles. The highest BCUT2D eigenvalue weighted by Gasteiger charge is 1.91. The summed E-state index contributed by atoms with van der Waals surface area (Å²) < 4.78 is 0. The van der Waals surface area contributed by atoms with Crippen molar-refractivity contribution in [3.63, 3.8) is 0 Å². The van der Waals surface area contributed by atoms with Crippen molar-refractivity contribution in [3.8, 4) is 0 Å². The number of rotatable bonds is 4. The van der Waals surface area contributed by atoms with E-state index in [1.807, 2.05) is 12.1 Å². The summed E-state index contributed by atoms with van der Waals surface area (Å²) in [5.41, 5.74) is 1.33. The minimum atomic E-state index is 0. The van der Waals surface area contributed by atoms with E-state index in [2.05, 4.69) is 24.4 Å². The number of nitrogens with one attached hydrogen (secondary N) is 1. The molecule has 0 heterocycles. The first-order valence-corrected chi connectivity index (χ1v) is 4.66. The van der Waals surface area contributed by atoms with Gasteiger partial charge in [0.25, 0.3) is 0 Å². The topological polar surface area (TPSA) is 12.0 Å². The summed E-state index contributed by atoms with van der Waals surface area (Å²) >= 11 is 5.76. The maximum Gasteiger partial charge on any atom is 0.0406 e. The van der Waals surface area contributed by atoms with Gasteiger partial charge < -0.3 is 5.32 Å². The molecule has 0 saturated heterocycles. The first kappa shape index (κ1) is 12.8. The zero-order valence-electron chi connectivity index (χ0n) is 7.72. The molecule has 0 atom stereocenters. The summed E-state index contributed by atoms with van der Waals surface area (Å²) in [7, 11) is 0. The molecular weight excluding hydrogens is 205 g/mol. The van der Waals surface area contributed by atoms with Gasteiger partial charge in [-0.1, -0.05) is 30.7 Å². The molecule has 0 aliphatic rings. The Balaban J connectivity index is 0.00000144. The Morgan fingerprint density at radius 2 is 1.85 bits per heavy atom. The second-order valence-electron chi connectivity index (χ2n) is 2.73. The van der Waals surface area contributed by atoms with Gasteiger partial charge in [0.2, 0.25) is 0 Å². The highest BCUT2D eigenvalue weighted by molar-refractivity contribution is 6.30. The van der Waals surface area contributed by atoms with Gasteiger partial charge in [0.15, 0.2) is 0 Å². The molecule has 3 heteroatoms. The van der Waals surface area contributed by atoms with Crippen molar-refractivity contribution in [3.05, 3.63) is 34.9 Å². The van der Waals surface area contributed by atoms with E-state index >= 15 is 0 Å². The van der Waals surface area contributed by atoms with E-state index in [4.69, 9.17) is 11.6 Å². The van der Waals surface area contributed by atoms with E-state index in [9.17, 15) is 0 Å². The molecule has 13 heavy (non-hydrogen) atoms. The van der Waals surface area contributed by atoms with Crippen molar-refractivity contribution < 1.29 is 0 Å². The Labute approximate surface area is 90.9 Å².